The van der Waals surface area contributed by atoms with Crippen LogP contribution < -0.4 is 5.32 Å². The highest BCUT2D eigenvalue weighted by Gasteiger charge is 2.04. The molecule has 0 bridgehead atoms. The van der Waals surface area contributed by atoms with Gasteiger partial charge < -0.3 is 5.32 Å². The largest absolute Gasteiger partial charge is 0.340 e. The van der Waals surface area contributed by atoms with E-state index in [1.54, 1.807) is 0 Å². The Hall–Kier alpha value is -1.13. The van der Waals surface area contributed by atoms with Crippen molar-refractivity contribution in [1.29, 1.82) is 0 Å². The van der Waals surface area contributed by atoms with Crippen LogP contribution >= 0.6 is 27.5 Å². The van der Waals surface area contributed by atoms with Crippen LogP contribution in [0.15, 0.2) is 35.1 Å². The van der Waals surface area contributed by atoms with E-state index in [1.165, 1.54) is 6.33 Å². The second-order valence-corrected chi connectivity index (χ2v) is 4.55. The molecule has 0 atom stereocenters. The van der Waals surface area contributed by atoms with E-state index in [4.69, 9.17) is 11.6 Å². The molecular formula is C11H9BrClN3. The topological polar surface area (TPSA) is 37.8 Å². The lowest BCUT2D eigenvalue weighted by atomic mass is 10.3. The number of hydrogen-bond acceptors (Lipinski definition) is 3. The Balaban J connectivity index is 2.31. The highest BCUT2D eigenvalue weighted by Crippen LogP contribution is 2.23. The van der Waals surface area contributed by atoms with Gasteiger partial charge in [0.1, 0.15) is 17.3 Å². The highest BCUT2D eigenvalue weighted by molar-refractivity contribution is 9.10. The Labute approximate surface area is 107 Å². The van der Waals surface area contributed by atoms with E-state index in [0.717, 1.165) is 21.5 Å². The minimum atomic E-state index is 0.465. The first kappa shape index (κ1) is 11.4. The quantitative estimate of drug-likeness (QED) is 0.853. The molecule has 0 aliphatic carbocycles. The highest BCUT2D eigenvalue weighted by atomic mass is 79.9. The predicted octanol–water partition coefficient (Wildman–Crippen LogP) is 3.94. The van der Waals surface area contributed by atoms with E-state index >= 15 is 0 Å². The molecule has 5 heteroatoms. The van der Waals surface area contributed by atoms with Crippen LogP contribution in [-0.2, 0) is 0 Å². The van der Waals surface area contributed by atoms with Crippen LogP contribution in [0.5, 0.6) is 0 Å². The predicted molar refractivity (Wildman–Crippen MR) is 69.2 cm³/mol. The van der Waals surface area contributed by atoms with Gasteiger partial charge in [-0.2, -0.15) is 0 Å². The number of anilines is 2. The Kier molecular flexibility index (Phi) is 3.41. The minimum Gasteiger partial charge on any atom is -0.340 e. The molecule has 16 heavy (non-hydrogen) atoms. The number of nitrogens with one attached hydrogen (secondary N) is 1. The molecule has 0 saturated carbocycles. The van der Waals surface area contributed by atoms with Crippen molar-refractivity contribution < 1.29 is 0 Å². The van der Waals surface area contributed by atoms with E-state index in [1.807, 2.05) is 31.2 Å². The lowest BCUT2D eigenvalue weighted by Gasteiger charge is -2.08. The fraction of sp³-hybridized carbons (Fsp3) is 0.0909. The lowest BCUT2D eigenvalue weighted by Crippen LogP contribution is -1.97. The molecule has 1 aromatic carbocycles. The molecule has 0 spiro atoms. The molecule has 0 radical (unpaired) electrons. The van der Waals surface area contributed by atoms with Gasteiger partial charge in [0, 0.05) is 15.7 Å². The van der Waals surface area contributed by atoms with Crippen LogP contribution in [0, 0.1) is 6.92 Å². The molecule has 0 fully saturated rings. The van der Waals surface area contributed by atoms with Crippen LogP contribution in [0.2, 0.25) is 5.15 Å². The molecule has 0 saturated heterocycles. The first-order chi connectivity index (χ1) is 7.66. The van der Waals surface area contributed by atoms with Crippen LogP contribution in [0.25, 0.3) is 0 Å². The van der Waals surface area contributed by atoms with Crippen molar-refractivity contribution in [1.82, 2.24) is 9.97 Å². The summed E-state index contributed by atoms with van der Waals surface area (Å²) in [7, 11) is 0. The number of halogens is 2. The Morgan fingerprint density at radius 2 is 2.12 bits per heavy atom. The van der Waals surface area contributed by atoms with Gasteiger partial charge in [0.25, 0.3) is 0 Å². The first-order valence-electron chi connectivity index (χ1n) is 4.66. The molecule has 2 aromatic rings. The zero-order valence-electron chi connectivity index (χ0n) is 8.54. The van der Waals surface area contributed by atoms with Crippen LogP contribution in [0.3, 0.4) is 0 Å². The summed E-state index contributed by atoms with van der Waals surface area (Å²) >= 11 is 9.32. The van der Waals surface area contributed by atoms with Crippen molar-refractivity contribution in [3.8, 4) is 0 Å². The molecular weight excluding hydrogens is 289 g/mol. The second-order valence-electron chi connectivity index (χ2n) is 3.27. The zero-order valence-corrected chi connectivity index (χ0v) is 10.9. The van der Waals surface area contributed by atoms with Crippen LogP contribution in [0.4, 0.5) is 11.5 Å². The standard InChI is InChI=1S/C11H9BrClN3/c1-7-10(13)14-6-15-11(7)16-9-4-2-3-8(12)5-9/h2-6H,1H3,(H,14,15,16). The summed E-state index contributed by atoms with van der Waals surface area (Å²) in [4.78, 5) is 8.05. The monoisotopic (exact) mass is 297 g/mol. The summed E-state index contributed by atoms with van der Waals surface area (Å²) in [5, 5.41) is 3.65. The van der Waals surface area contributed by atoms with E-state index in [2.05, 4.69) is 31.2 Å². The summed E-state index contributed by atoms with van der Waals surface area (Å²) in [6.07, 6.45) is 1.44. The van der Waals surface area contributed by atoms with E-state index < -0.39 is 0 Å². The first-order valence-corrected chi connectivity index (χ1v) is 5.83. The van der Waals surface area contributed by atoms with Gasteiger partial charge in [-0.1, -0.05) is 33.6 Å². The van der Waals surface area contributed by atoms with Gasteiger partial charge in [0.2, 0.25) is 0 Å². The van der Waals surface area contributed by atoms with Crippen molar-refractivity contribution in [2.75, 3.05) is 5.32 Å². The molecule has 1 N–H and O–H groups in total. The van der Waals surface area contributed by atoms with Gasteiger partial charge in [-0.3, -0.25) is 0 Å². The minimum absolute atomic E-state index is 0.465. The number of nitrogens with zero attached hydrogens (tertiary/aromatic N) is 2. The third-order valence-corrected chi connectivity index (χ3v) is 2.98. The number of rotatable bonds is 2. The van der Waals surface area contributed by atoms with Crippen LogP contribution in [-0.4, -0.2) is 9.97 Å². The summed E-state index contributed by atoms with van der Waals surface area (Å²) in [5.41, 5.74) is 1.79. The van der Waals surface area contributed by atoms with Crippen molar-refractivity contribution in [2.45, 2.75) is 6.92 Å². The maximum absolute atomic E-state index is 5.91. The van der Waals surface area contributed by atoms with Gasteiger partial charge in [0.15, 0.2) is 0 Å². The number of hydrogen-bond donors (Lipinski definition) is 1. The Morgan fingerprint density at radius 3 is 2.88 bits per heavy atom. The Bertz CT molecular complexity index is 516. The lowest BCUT2D eigenvalue weighted by molar-refractivity contribution is 1.13. The van der Waals surface area contributed by atoms with Gasteiger partial charge in [0.05, 0.1) is 0 Å². The molecule has 82 valence electrons. The van der Waals surface area contributed by atoms with Gasteiger partial charge in [-0.25, -0.2) is 9.97 Å². The maximum atomic E-state index is 5.91. The number of aromatic nitrogens is 2. The molecule has 2 rings (SSSR count). The summed E-state index contributed by atoms with van der Waals surface area (Å²) in [5.74, 6) is 0.720. The molecule has 3 nitrogen and oxygen atoms in total. The van der Waals surface area contributed by atoms with Gasteiger partial charge in [-0.05, 0) is 25.1 Å². The van der Waals surface area contributed by atoms with Crippen LogP contribution in [0.1, 0.15) is 5.56 Å². The molecule has 0 unspecified atom stereocenters. The maximum Gasteiger partial charge on any atom is 0.138 e. The smallest absolute Gasteiger partial charge is 0.138 e. The Morgan fingerprint density at radius 1 is 1.31 bits per heavy atom. The zero-order chi connectivity index (χ0) is 11.5. The van der Waals surface area contributed by atoms with E-state index in [0.29, 0.717) is 5.15 Å². The molecule has 0 aliphatic heterocycles. The number of benzene rings is 1. The fourth-order valence-corrected chi connectivity index (χ4v) is 1.79. The molecule has 1 aromatic heterocycles. The summed E-state index contributed by atoms with van der Waals surface area (Å²) in [6, 6.07) is 7.84. The SMILES string of the molecule is Cc1c(Cl)ncnc1Nc1cccc(Br)c1. The molecule has 1 heterocycles. The second kappa shape index (κ2) is 4.80. The average molecular weight is 299 g/mol. The van der Waals surface area contributed by atoms with Crippen molar-refractivity contribution in [3.63, 3.8) is 0 Å². The third-order valence-electron chi connectivity index (χ3n) is 2.11. The van der Waals surface area contributed by atoms with E-state index in [-0.39, 0.29) is 0 Å². The van der Waals surface area contributed by atoms with Crippen molar-refractivity contribution in [2.24, 2.45) is 0 Å². The van der Waals surface area contributed by atoms with E-state index in [9.17, 15) is 0 Å². The van der Waals surface area contributed by atoms with Crippen molar-refractivity contribution >= 4 is 39.0 Å². The molecule has 0 aliphatic rings. The molecule has 0 amide bonds. The average Bonchev–Trinajstić information content (AvgIpc) is 2.25. The normalized spacial score (nSPS) is 10.2. The van der Waals surface area contributed by atoms with Gasteiger partial charge in [-0.15, -0.1) is 0 Å². The van der Waals surface area contributed by atoms with Gasteiger partial charge >= 0.3 is 0 Å². The fourth-order valence-electron chi connectivity index (χ4n) is 1.26. The van der Waals surface area contributed by atoms with Crippen molar-refractivity contribution in [3.05, 3.63) is 45.8 Å². The third kappa shape index (κ3) is 2.51. The summed E-state index contributed by atoms with van der Waals surface area (Å²) < 4.78 is 1.01. The summed E-state index contributed by atoms with van der Waals surface area (Å²) in [6.45, 7) is 1.88.